The Kier molecular flexibility index (Phi) is 5.53. The molecule has 1 heterocycles. The van der Waals surface area contributed by atoms with Gasteiger partial charge in [-0.1, -0.05) is 30.7 Å². The van der Waals surface area contributed by atoms with Crippen molar-refractivity contribution < 1.29 is 9.53 Å². The number of nitrogens with one attached hydrogen (secondary N) is 2. The molecule has 0 fully saturated rings. The molecule has 1 amide bonds. The van der Waals surface area contributed by atoms with Crippen LogP contribution >= 0.6 is 11.6 Å². The number of carbonyl (C=O) groups is 1. The van der Waals surface area contributed by atoms with Crippen molar-refractivity contribution in [2.24, 2.45) is 0 Å². The molecule has 0 radical (unpaired) electrons. The number of halogens is 1. The summed E-state index contributed by atoms with van der Waals surface area (Å²) in [4.78, 5) is 21.9. The van der Waals surface area contributed by atoms with Crippen LogP contribution in [0.4, 0.5) is 11.5 Å². The monoisotopic (exact) mass is 370 g/mol. The Hall–Kier alpha value is -2.86. The zero-order valence-electron chi connectivity index (χ0n) is 14.5. The highest BCUT2D eigenvalue weighted by Crippen LogP contribution is 2.28. The second kappa shape index (κ2) is 8.01. The summed E-state index contributed by atoms with van der Waals surface area (Å²) in [6.07, 6.45) is 0.900. The summed E-state index contributed by atoms with van der Waals surface area (Å²) in [6.45, 7) is 2.73. The van der Waals surface area contributed by atoms with Gasteiger partial charge in [0.15, 0.2) is 11.5 Å². The van der Waals surface area contributed by atoms with Gasteiger partial charge in [-0.3, -0.25) is 4.79 Å². The van der Waals surface area contributed by atoms with E-state index in [9.17, 15) is 4.79 Å². The molecule has 0 saturated carbocycles. The van der Waals surface area contributed by atoms with Crippen LogP contribution in [-0.2, 0) is 0 Å². The molecule has 0 saturated heterocycles. The average molecular weight is 371 g/mol. The number of aromatic nitrogens is 2. The molecule has 26 heavy (non-hydrogen) atoms. The number of amides is 1. The highest BCUT2D eigenvalue weighted by Gasteiger charge is 2.18. The van der Waals surface area contributed by atoms with Crippen molar-refractivity contribution >= 4 is 40.0 Å². The smallest absolute Gasteiger partial charge is 0.278 e. The van der Waals surface area contributed by atoms with Crippen LogP contribution in [0, 0.1) is 0 Å². The number of para-hydroxylation sites is 2. The zero-order chi connectivity index (χ0) is 18.5. The van der Waals surface area contributed by atoms with Crippen molar-refractivity contribution in [1.29, 1.82) is 0 Å². The highest BCUT2D eigenvalue weighted by molar-refractivity contribution is 6.31. The molecular weight excluding hydrogens is 352 g/mol. The summed E-state index contributed by atoms with van der Waals surface area (Å²) < 4.78 is 5.28. The largest absolute Gasteiger partial charge is 0.495 e. The van der Waals surface area contributed by atoms with Gasteiger partial charge in [0.05, 0.1) is 23.8 Å². The predicted molar refractivity (Wildman–Crippen MR) is 104 cm³/mol. The predicted octanol–water partition coefficient (Wildman–Crippen LogP) is 4.37. The molecule has 6 nitrogen and oxygen atoms in total. The number of hydrogen-bond donors (Lipinski definition) is 2. The van der Waals surface area contributed by atoms with Gasteiger partial charge in [-0.15, -0.1) is 0 Å². The highest BCUT2D eigenvalue weighted by atomic mass is 35.5. The Labute approximate surface area is 156 Å². The Morgan fingerprint density at radius 1 is 1.15 bits per heavy atom. The molecule has 0 bridgehead atoms. The summed E-state index contributed by atoms with van der Waals surface area (Å²) in [7, 11) is 1.53. The molecule has 0 atom stereocenters. The van der Waals surface area contributed by atoms with E-state index in [-0.39, 0.29) is 11.6 Å². The standard InChI is InChI=1S/C19H19ClN4O2/c1-3-10-21-18-17(22-13-6-4-5-7-14(13)23-18)19(25)24-15-11-12(20)8-9-16(15)26-2/h4-9,11H,3,10H2,1-2H3,(H,21,23)(H,24,25). The van der Waals surface area contributed by atoms with Crippen LogP contribution in [0.1, 0.15) is 23.8 Å². The molecule has 0 spiro atoms. The lowest BCUT2D eigenvalue weighted by atomic mass is 10.2. The summed E-state index contributed by atoms with van der Waals surface area (Å²) >= 11 is 6.03. The van der Waals surface area contributed by atoms with E-state index in [1.807, 2.05) is 31.2 Å². The number of hydrogen-bond acceptors (Lipinski definition) is 5. The fourth-order valence-corrected chi connectivity index (χ4v) is 2.66. The molecule has 0 aliphatic heterocycles. The molecule has 2 aromatic carbocycles. The number of methoxy groups -OCH3 is 1. The number of benzene rings is 2. The first-order valence-corrected chi connectivity index (χ1v) is 8.65. The maximum Gasteiger partial charge on any atom is 0.278 e. The van der Waals surface area contributed by atoms with Crippen molar-refractivity contribution in [1.82, 2.24) is 9.97 Å². The van der Waals surface area contributed by atoms with Crippen LogP contribution in [0.25, 0.3) is 11.0 Å². The van der Waals surface area contributed by atoms with Gasteiger partial charge in [-0.2, -0.15) is 0 Å². The molecule has 3 aromatic rings. The van der Waals surface area contributed by atoms with Gasteiger partial charge in [0.2, 0.25) is 0 Å². The third kappa shape index (κ3) is 3.86. The van der Waals surface area contributed by atoms with Gasteiger partial charge < -0.3 is 15.4 Å². The molecule has 1 aromatic heterocycles. The fraction of sp³-hybridized carbons (Fsp3) is 0.211. The third-order valence-electron chi connectivity index (χ3n) is 3.74. The van der Waals surface area contributed by atoms with E-state index in [1.165, 1.54) is 7.11 Å². The second-order valence-corrected chi connectivity index (χ2v) is 6.07. The quantitative estimate of drug-likeness (QED) is 0.674. The van der Waals surface area contributed by atoms with Crippen molar-refractivity contribution in [3.8, 4) is 5.75 Å². The van der Waals surface area contributed by atoms with Crippen LogP contribution in [-0.4, -0.2) is 29.5 Å². The summed E-state index contributed by atoms with van der Waals surface area (Å²) in [6, 6.07) is 12.4. The summed E-state index contributed by atoms with van der Waals surface area (Å²) in [5.41, 5.74) is 2.07. The van der Waals surface area contributed by atoms with E-state index < -0.39 is 0 Å². The Bertz CT molecular complexity index is 946. The Morgan fingerprint density at radius 3 is 2.58 bits per heavy atom. The number of anilines is 2. The van der Waals surface area contributed by atoms with Crippen LogP contribution in [0.15, 0.2) is 42.5 Å². The second-order valence-electron chi connectivity index (χ2n) is 5.64. The van der Waals surface area contributed by atoms with Crippen molar-refractivity contribution in [2.75, 3.05) is 24.3 Å². The summed E-state index contributed by atoms with van der Waals surface area (Å²) in [5, 5.41) is 6.47. The zero-order valence-corrected chi connectivity index (χ0v) is 15.3. The maximum atomic E-state index is 12.9. The van der Waals surface area contributed by atoms with E-state index in [0.29, 0.717) is 34.3 Å². The van der Waals surface area contributed by atoms with E-state index in [4.69, 9.17) is 16.3 Å². The van der Waals surface area contributed by atoms with E-state index in [2.05, 4.69) is 20.6 Å². The molecule has 0 aliphatic carbocycles. The number of fused-ring (bicyclic) bond motifs is 1. The van der Waals surface area contributed by atoms with Gasteiger partial charge in [0.1, 0.15) is 5.75 Å². The van der Waals surface area contributed by atoms with Gasteiger partial charge in [0, 0.05) is 11.6 Å². The Morgan fingerprint density at radius 2 is 1.88 bits per heavy atom. The normalized spacial score (nSPS) is 10.6. The third-order valence-corrected chi connectivity index (χ3v) is 3.97. The van der Waals surface area contributed by atoms with Crippen LogP contribution < -0.4 is 15.4 Å². The van der Waals surface area contributed by atoms with Gasteiger partial charge in [0.25, 0.3) is 5.91 Å². The molecule has 134 valence electrons. The maximum absolute atomic E-state index is 12.9. The van der Waals surface area contributed by atoms with Crippen LogP contribution in [0.2, 0.25) is 5.02 Å². The summed E-state index contributed by atoms with van der Waals surface area (Å²) in [5.74, 6) is 0.575. The van der Waals surface area contributed by atoms with E-state index >= 15 is 0 Å². The molecule has 3 rings (SSSR count). The van der Waals surface area contributed by atoms with Crippen LogP contribution in [0.3, 0.4) is 0 Å². The van der Waals surface area contributed by atoms with Crippen molar-refractivity contribution in [2.45, 2.75) is 13.3 Å². The first kappa shape index (κ1) is 17.9. The van der Waals surface area contributed by atoms with Gasteiger partial charge in [-0.25, -0.2) is 9.97 Å². The molecular formula is C19H19ClN4O2. The van der Waals surface area contributed by atoms with E-state index in [1.54, 1.807) is 18.2 Å². The first-order valence-electron chi connectivity index (χ1n) is 8.28. The minimum absolute atomic E-state index is 0.221. The topological polar surface area (TPSA) is 76.1 Å². The average Bonchev–Trinajstić information content (AvgIpc) is 2.65. The van der Waals surface area contributed by atoms with Crippen molar-refractivity contribution in [3.63, 3.8) is 0 Å². The lowest BCUT2D eigenvalue weighted by molar-refractivity contribution is 0.102. The molecule has 2 N–H and O–H groups in total. The molecule has 0 aliphatic rings. The number of ether oxygens (including phenoxy) is 1. The Balaban J connectivity index is 2.00. The lowest BCUT2D eigenvalue weighted by Gasteiger charge is -2.13. The van der Waals surface area contributed by atoms with E-state index in [0.717, 1.165) is 11.9 Å². The minimum Gasteiger partial charge on any atom is -0.495 e. The number of rotatable bonds is 6. The van der Waals surface area contributed by atoms with Gasteiger partial charge in [-0.05, 0) is 36.8 Å². The first-order chi connectivity index (χ1) is 12.6. The van der Waals surface area contributed by atoms with Crippen LogP contribution in [0.5, 0.6) is 5.75 Å². The number of carbonyl (C=O) groups excluding carboxylic acids is 1. The fourth-order valence-electron chi connectivity index (χ4n) is 2.48. The molecule has 0 unspecified atom stereocenters. The SMILES string of the molecule is CCCNc1nc2ccccc2nc1C(=O)Nc1cc(Cl)ccc1OC. The number of nitrogens with zero attached hydrogens (tertiary/aromatic N) is 2. The van der Waals surface area contributed by atoms with Crippen molar-refractivity contribution in [3.05, 3.63) is 53.2 Å². The van der Waals surface area contributed by atoms with Gasteiger partial charge >= 0.3 is 0 Å². The minimum atomic E-state index is -0.387. The lowest BCUT2D eigenvalue weighted by Crippen LogP contribution is -2.18. The molecule has 7 heteroatoms.